The van der Waals surface area contributed by atoms with E-state index in [9.17, 15) is 14.0 Å². The molecule has 148 valence electrons. The van der Waals surface area contributed by atoms with Crippen molar-refractivity contribution in [3.63, 3.8) is 0 Å². The van der Waals surface area contributed by atoms with Crippen LogP contribution in [0.1, 0.15) is 24.3 Å². The van der Waals surface area contributed by atoms with Crippen molar-refractivity contribution in [1.82, 2.24) is 9.97 Å². The van der Waals surface area contributed by atoms with Crippen LogP contribution in [0.2, 0.25) is 0 Å². The largest absolute Gasteiger partial charge is 0.368 e. The van der Waals surface area contributed by atoms with Crippen LogP contribution in [0.3, 0.4) is 0 Å². The lowest BCUT2D eigenvalue weighted by atomic mass is 10.2. The molecule has 0 spiro atoms. The number of ketones is 1. The second kappa shape index (κ2) is 8.20. The van der Waals surface area contributed by atoms with Crippen LogP contribution in [0.4, 0.5) is 21.8 Å². The predicted octanol–water partition coefficient (Wildman–Crippen LogP) is 1.43. The number of amides is 1. The molecular weight excluding hydrogens is 363 g/mol. The van der Waals surface area contributed by atoms with Gasteiger partial charge in [-0.15, -0.1) is 0 Å². The monoisotopic (exact) mass is 386 g/mol. The summed E-state index contributed by atoms with van der Waals surface area (Å²) in [5, 5.41) is 2.97. The second-order valence-corrected chi connectivity index (χ2v) is 6.73. The number of anilines is 3. The van der Waals surface area contributed by atoms with Gasteiger partial charge in [0.2, 0.25) is 5.95 Å². The quantitative estimate of drug-likeness (QED) is 0.774. The van der Waals surface area contributed by atoms with Crippen molar-refractivity contribution in [3.8, 4) is 0 Å². The number of nitrogens with two attached hydrogens (primary N) is 1. The van der Waals surface area contributed by atoms with Crippen molar-refractivity contribution in [2.24, 2.45) is 5.73 Å². The number of primary amides is 1. The fourth-order valence-electron chi connectivity index (χ4n) is 2.92. The third kappa shape index (κ3) is 4.54. The van der Waals surface area contributed by atoms with Crippen molar-refractivity contribution in [1.29, 1.82) is 0 Å². The molecule has 0 aliphatic carbocycles. The Bertz CT molecular complexity index is 865. The molecule has 1 saturated heterocycles. The van der Waals surface area contributed by atoms with Crippen LogP contribution in [0.25, 0.3) is 0 Å². The summed E-state index contributed by atoms with van der Waals surface area (Å²) in [6.07, 6.45) is 0. The molecule has 1 fully saturated rings. The molecule has 0 radical (unpaired) electrons. The van der Waals surface area contributed by atoms with Gasteiger partial charge in [-0.25, -0.2) is 9.37 Å². The van der Waals surface area contributed by atoms with E-state index in [2.05, 4.69) is 20.2 Å². The smallest absolute Gasteiger partial charge is 0.267 e. The van der Waals surface area contributed by atoms with Crippen LogP contribution in [-0.4, -0.2) is 53.9 Å². The maximum atomic E-state index is 13.1. The number of nitrogens with one attached hydrogen (secondary N) is 1. The van der Waals surface area contributed by atoms with Gasteiger partial charge in [0, 0.05) is 37.9 Å². The Hall–Kier alpha value is -3.23. The lowest BCUT2D eigenvalue weighted by Crippen LogP contribution is -2.47. The minimum atomic E-state index is -0.660. The SMILES string of the molecule is CC(=O)[C@H](C)Nc1cc(C(N)=O)nc(N2CCN(c3ccc(F)cc3)CC2)n1. The van der Waals surface area contributed by atoms with Crippen LogP contribution in [0, 0.1) is 5.82 Å². The van der Waals surface area contributed by atoms with Gasteiger partial charge in [-0.3, -0.25) is 9.59 Å². The van der Waals surface area contributed by atoms with Crippen LogP contribution >= 0.6 is 0 Å². The second-order valence-electron chi connectivity index (χ2n) is 6.73. The van der Waals surface area contributed by atoms with Gasteiger partial charge >= 0.3 is 0 Å². The van der Waals surface area contributed by atoms with Gasteiger partial charge in [0.1, 0.15) is 17.3 Å². The molecule has 2 heterocycles. The van der Waals surface area contributed by atoms with Crippen molar-refractivity contribution in [2.75, 3.05) is 41.3 Å². The normalized spacial score (nSPS) is 15.2. The molecule has 0 unspecified atom stereocenters. The first-order valence-corrected chi connectivity index (χ1v) is 9.05. The molecule has 1 atom stereocenters. The molecule has 0 bridgehead atoms. The number of hydrogen-bond acceptors (Lipinski definition) is 7. The number of rotatable bonds is 6. The highest BCUT2D eigenvalue weighted by molar-refractivity contribution is 5.92. The van der Waals surface area contributed by atoms with Crippen LogP contribution in [0.15, 0.2) is 30.3 Å². The van der Waals surface area contributed by atoms with E-state index in [1.54, 1.807) is 19.1 Å². The summed E-state index contributed by atoms with van der Waals surface area (Å²) in [6.45, 7) is 5.84. The Labute approximate surface area is 162 Å². The van der Waals surface area contributed by atoms with Crippen LogP contribution < -0.4 is 20.9 Å². The number of nitrogens with zero attached hydrogens (tertiary/aromatic N) is 4. The molecule has 1 aromatic heterocycles. The van der Waals surface area contributed by atoms with Gasteiger partial charge in [0.15, 0.2) is 5.78 Å². The van der Waals surface area contributed by atoms with Gasteiger partial charge < -0.3 is 20.9 Å². The Kier molecular flexibility index (Phi) is 5.72. The maximum absolute atomic E-state index is 13.1. The highest BCUT2D eigenvalue weighted by atomic mass is 19.1. The molecule has 1 amide bonds. The van der Waals surface area contributed by atoms with E-state index in [-0.39, 0.29) is 17.3 Å². The van der Waals surface area contributed by atoms with E-state index in [0.717, 1.165) is 5.69 Å². The molecule has 3 N–H and O–H groups in total. The molecular formula is C19H23FN6O2. The fourth-order valence-corrected chi connectivity index (χ4v) is 2.92. The first-order chi connectivity index (χ1) is 13.3. The number of aromatic nitrogens is 2. The standard InChI is InChI=1S/C19H23FN6O2/c1-12(13(2)27)22-17-11-16(18(21)28)23-19(24-17)26-9-7-25(8-10-26)15-5-3-14(20)4-6-15/h3-6,11-12H,7-10H2,1-2H3,(H2,21,28)(H,22,23,24)/t12-/m0/s1. The molecule has 9 heteroatoms. The summed E-state index contributed by atoms with van der Waals surface area (Å²) in [7, 11) is 0. The molecule has 1 aliphatic heterocycles. The van der Waals surface area contributed by atoms with E-state index in [4.69, 9.17) is 5.73 Å². The van der Waals surface area contributed by atoms with E-state index in [1.165, 1.54) is 25.1 Å². The number of Topliss-reactive ketones (excluding diaryl/α,β-unsaturated/α-hetero) is 1. The highest BCUT2D eigenvalue weighted by Crippen LogP contribution is 2.20. The van der Waals surface area contributed by atoms with Crippen molar-refractivity contribution in [2.45, 2.75) is 19.9 Å². The number of hydrogen-bond donors (Lipinski definition) is 2. The van der Waals surface area contributed by atoms with E-state index in [1.807, 2.05) is 4.90 Å². The Morgan fingerprint density at radius 3 is 2.29 bits per heavy atom. The van der Waals surface area contributed by atoms with Gasteiger partial charge in [0.05, 0.1) is 6.04 Å². The van der Waals surface area contributed by atoms with E-state index in [0.29, 0.717) is 37.9 Å². The van der Waals surface area contributed by atoms with Crippen molar-refractivity contribution >= 4 is 29.1 Å². The molecule has 2 aromatic rings. The molecule has 3 rings (SSSR count). The fraction of sp³-hybridized carbons (Fsp3) is 0.368. The number of carbonyl (C=O) groups excluding carboxylic acids is 2. The molecule has 1 aliphatic rings. The topological polar surface area (TPSA) is 104 Å². The molecule has 8 nitrogen and oxygen atoms in total. The Balaban J connectivity index is 1.75. The first kappa shape index (κ1) is 19.5. The summed E-state index contributed by atoms with van der Waals surface area (Å²) in [5.41, 5.74) is 6.44. The minimum absolute atomic E-state index is 0.0475. The number of carbonyl (C=O) groups is 2. The predicted molar refractivity (Wildman–Crippen MR) is 105 cm³/mol. The summed E-state index contributed by atoms with van der Waals surface area (Å²) < 4.78 is 13.1. The third-order valence-electron chi connectivity index (χ3n) is 4.70. The van der Waals surface area contributed by atoms with E-state index < -0.39 is 11.9 Å². The average Bonchev–Trinajstić information content (AvgIpc) is 2.68. The zero-order valence-corrected chi connectivity index (χ0v) is 15.9. The summed E-state index contributed by atoms with van der Waals surface area (Å²) in [5.74, 6) is -0.213. The number of benzene rings is 1. The average molecular weight is 386 g/mol. The summed E-state index contributed by atoms with van der Waals surface area (Å²) in [6, 6.07) is 7.38. The zero-order chi connectivity index (χ0) is 20.3. The van der Waals surface area contributed by atoms with Gasteiger partial charge in [-0.2, -0.15) is 4.98 Å². The van der Waals surface area contributed by atoms with Crippen molar-refractivity contribution in [3.05, 3.63) is 41.8 Å². The maximum Gasteiger partial charge on any atom is 0.267 e. The zero-order valence-electron chi connectivity index (χ0n) is 15.9. The Morgan fingerprint density at radius 1 is 1.11 bits per heavy atom. The molecule has 28 heavy (non-hydrogen) atoms. The molecule has 1 aromatic carbocycles. The Morgan fingerprint density at radius 2 is 1.71 bits per heavy atom. The number of halogens is 1. The van der Waals surface area contributed by atoms with Gasteiger partial charge in [-0.1, -0.05) is 0 Å². The summed E-state index contributed by atoms with van der Waals surface area (Å²) in [4.78, 5) is 36.0. The van der Waals surface area contributed by atoms with Crippen LogP contribution in [0.5, 0.6) is 0 Å². The lowest BCUT2D eigenvalue weighted by Gasteiger charge is -2.36. The first-order valence-electron chi connectivity index (χ1n) is 9.05. The van der Waals surface area contributed by atoms with Crippen LogP contribution in [-0.2, 0) is 4.79 Å². The van der Waals surface area contributed by atoms with Gasteiger partial charge in [-0.05, 0) is 38.1 Å². The van der Waals surface area contributed by atoms with Crippen molar-refractivity contribution < 1.29 is 14.0 Å². The lowest BCUT2D eigenvalue weighted by molar-refractivity contribution is -0.117. The minimum Gasteiger partial charge on any atom is -0.368 e. The van der Waals surface area contributed by atoms with Gasteiger partial charge in [0.25, 0.3) is 5.91 Å². The summed E-state index contributed by atoms with van der Waals surface area (Å²) >= 11 is 0. The molecule has 0 saturated carbocycles. The number of piperazine rings is 1. The van der Waals surface area contributed by atoms with E-state index >= 15 is 0 Å². The highest BCUT2D eigenvalue weighted by Gasteiger charge is 2.22. The third-order valence-corrected chi connectivity index (χ3v) is 4.70.